The number of hydrogen-bond donors (Lipinski definition) is 1. The van der Waals surface area contributed by atoms with Gasteiger partial charge in [-0.25, -0.2) is 4.98 Å². The van der Waals surface area contributed by atoms with Crippen LogP contribution in [-0.2, 0) is 6.54 Å². The Kier molecular flexibility index (Phi) is 6.64. The van der Waals surface area contributed by atoms with E-state index >= 15 is 0 Å². The van der Waals surface area contributed by atoms with Crippen LogP contribution in [-0.4, -0.2) is 23.1 Å². The van der Waals surface area contributed by atoms with Crippen LogP contribution >= 0.6 is 0 Å². The number of aryl methyl sites for hydroxylation is 1. The normalized spacial score (nSPS) is 14.0. The maximum absolute atomic E-state index is 4.77. The summed E-state index contributed by atoms with van der Waals surface area (Å²) in [7, 11) is 0. The van der Waals surface area contributed by atoms with Crippen LogP contribution in [0.15, 0.2) is 48.0 Å². The molecule has 1 heterocycles. The molecule has 2 aromatic rings. The van der Waals surface area contributed by atoms with E-state index in [0.29, 0.717) is 0 Å². The number of rotatable bonds is 8. The zero-order chi connectivity index (χ0) is 18.2. The molecule has 1 aliphatic carbocycles. The molecule has 0 spiro atoms. The average Bonchev–Trinajstić information content (AvgIpc) is 2.67. The van der Waals surface area contributed by atoms with Gasteiger partial charge in [0, 0.05) is 31.4 Å². The van der Waals surface area contributed by atoms with E-state index in [9.17, 15) is 0 Å². The Morgan fingerprint density at radius 3 is 2.69 bits per heavy atom. The van der Waals surface area contributed by atoms with E-state index < -0.39 is 0 Å². The molecule has 0 saturated carbocycles. The van der Waals surface area contributed by atoms with Crippen LogP contribution in [0.5, 0.6) is 0 Å². The summed E-state index contributed by atoms with van der Waals surface area (Å²) in [6, 6.07) is 12.5. The lowest BCUT2D eigenvalue weighted by Crippen LogP contribution is -2.25. The lowest BCUT2D eigenvalue weighted by molar-refractivity contribution is 0.679. The number of anilines is 2. The van der Waals surface area contributed by atoms with Gasteiger partial charge in [-0.2, -0.15) is 4.98 Å². The van der Waals surface area contributed by atoms with Crippen molar-refractivity contribution in [1.29, 1.82) is 0 Å². The van der Waals surface area contributed by atoms with Crippen molar-refractivity contribution in [2.45, 2.75) is 52.5 Å². The topological polar surface area (TPSA) is 41.1 Å². The van der Waals surface area contributed by atoms with Crippen molar-refractivity contribution in [1.82, 2.24) is 9.97 Å². The fourth-order valence-electron chi connectivity index (χ4n) is 3.40. The van der Waals surface area contributed by atoms with Crippen LogP contribution in [0.3, 0.4) is 0 Å². The number of hydrogen-bond acceptors (Lipinski definition) is 4. The van der Waals surface area contributed by atoms with Crippen LogP contribution in [0, 0.1) is 6.92 Å². The Labute approximate surface area is 157 Å². The second kappa shape index (κ2) is 9.37. The smallest absolute Gasteiger partial charge is 0.227 e. The Morgan fingerprint density at radius 2 is 1.96 bits per heavy atom. The molecule has 0 aliphatic heterocycles. The molecule has 1 N–H and O–H groups in total. The molecule has 0 unspecified atom stereocenters. The first-order valence-electron chi connectivity index (χ1n) is 9.81. The highest BCUT2D eigenvalue weighted by Crippen LogP contribution is 2.21. The van der Waals surface area contributed by atoms with Crippen molar-refractivity contribution < 1.29 is 0 Å². The number of aromatic nitrogens is 2. The third kappa shape index (κ3) is 5.32. The third-order valence-electron chi connectivity index (χ3n) is 4.86. The Bertz CT molecular complexity index is 724. The summed E-state index contributed by atoms with van der Waals surface area (Å²) >= 11 is 0. The monoisotopic (exact) mass is 350 g/mol. The van der Waals surface area contributed by atoms with Gasteiger partial charge in [0.25, 0.3) is 0 Å². The van der Waals surface area contributed by atoms with Gasteiger partial charge in [-0.15, -0.1) is 0 Å². The summed E-state index contributed by atoms with van der Waals surface area (Å²) in [5, 5.41) is 3.50. The number of allylic oxidation sites excluding steroid dienone is 1. The van der Waals surface area contributed by atoms with E-state index in [1.807, 2.05) is 19.1 Å². The van der Waals surface area contributed by atoms with E-state index in [1.165, 1.54) is 31.2 Å². The highest BCUT2D eigenvalue weighted by molar-refractivity contribution is 5.44. The minimum Gasteiger partial charge on any atom is -0.370 e. The first-order chi connectivity index (χ1) is 12.7. The lowest BCUT2D eigenvalue weighted by Gasteiger charge is -2.22. The molecule has 1 aromatic carbocycles. The maximum atomic E-state index is 4.77. The first kappa shape index (κ1) is 18.4. The Morgan fingerprint density at radius 1 is 1.12 bits per heavy atom. The van der Waals surface area contributed by atoms with Gasteiger partial charge in [0.2, 0.25) is 5.95 Å². The molecule has 3 rings (SSSR count). The molecule has 1 aromatic heterocycles. The van der Waals surface area contributed by atoms with Crippen molar-refractivity contribution in [3.63, 3.8) is 0 Å². The van der Waals surface area contributed by atoms with Crippen LogP contribution in [0.1, 0.15) is 50.3 Å². The van der Waals surface area contributed by atoms with Gasteiger partial charge in [-0.1, -0.05) is 42.0 Å². The lowest BCUT2D eigenvalue weighted by atomic mass is 9.97. The second-order valence-electron chi connectivity index (χ2n) is 6.98. The molecular weight excluding hydrogens is 320 g/mol. The molecular formula is C22H30N4. The van der Waals surface area contributed by atoms with E-state index in [2.05, 4.69) is 52.5 Å². The molecule has 0 atom stereocenters. The van der Waals surface area contributed by atoms with Crippen molar-refractivity contribution >= 4 is 11.8 Å². The summed E-state index contributed by atoms with van der Waals surface area (Å²) in [4.78, 5) is 11.6. The summed E-state index contributed by atoms with van der Waals surface area (Å²) in [5.74, 6) is 1.73. The zero-order valence-corrected chi connectivity index (χ0v) is 16.0. The Balaban J connectivity index is 1.64. The first-order valence-corrected chi connectivity index (χ1v) is 9.81. The van der Waals surface area contributed by atoms with Gasteiger partial charge in [0.15, 0.2) is 0 Å². The van der Waals surface area contributed by atoms with Crippen LogP contribution in [0.25, 0.3) is 0 Å². The van der Waals surface area contributed by atoms with Crippen molar-refractivity contribution in [2.24, 2.45) is 0 Å². The largest absolute Gasteiger partial charge is 0.370 e. The molecule has 26 heavy (non-hydrogen) atoms. The summed E-state index contributed by atoms with van der Waals surface area (Å²) in [6.07, 6.45) is 8.72. The van der Waals surface area contributed by atoms with Gasteiger partial charge in [0.1, 0.15) is 5.82 Å². The van der Waals surface area contributed by atoms with Crippen LogP contribution in [0.2, 0.25) is 0 Å². The van der Waals surface area contributed by atoms with E-state index in [4.69, 9.17) is 4.98 Å². The summed E-state index contributed by atoms with van der Waals surface area (Å²) in [6.45, 7) is 6.83. The second-order valence-corrected chi connectivity index (χ2v) is 6.98. The molecule has 0 amide bonds. The SMILES string of the molecule is CCN(Cc1ccccc1)c1nc(C)cc(NCCC2=CCCCC2)n1. The predicted octanol–water partition coefficient (Wildman–Crippen LogP) is 5.11. The fourth-order valence-corrected chi connectivity index (χ4v) is 3.40. The van der Waals surface area contributed by atoms with Crippen molar-refractivity contribution in [3.05, 3.63) is 59.3 Å². The number of benzene rings is 1. The van der Waals surface area contributed by atoms with Gasteiger partial charge >= 0.3 is 0 Å². The average molecular weight is 351 g/mol. The molecule has 0 fully saturated rings. The van der Waals surface area contributed by atoms with E-state index in [-0.39, 0.29) is 0 Å². The van der Waals surface area contributed by atoms with E-state index in [1.54, 1.807) is 5.57 Å². The molecule has 0 radical (unpaired) electrons. The highest BCUT2D eigenvalue weighted by Gasteiger charge is 2.11. The molecule has 1 aliphatic rings. The minimum atomic E-state index is 0.802. The summed E-state index contributed by atoms with van der Waals surface area (Å²) < 4.78 is 0. The van der Waals surface area contributed by atoms with Gasteiger partial charge in [-0.3, -0.25) is 0 Å². The van der Waals surface area contributed by atoms with Crippen LogP contribution < -0.4 is 10.2 Å². The summed E-state index contributed by atoms with van der Waals surface area (Å²) in [5.41, 5.74) is 3.87. The molecule has 0 saturated heterocycles. The third-order valence-corrected chi connectivity index (χ3v) is 4.86. The zero-order valence-electron chi connectivity index (χ0n) is 16.0. The standard InChI is InChI=1S/C22H30N4/c1-3-26(17-20-12-8-5-9-13-20)22-24-18(2)16-21(25-22)23-15-14-19-10-6-4-7-11-19/h5,8-10,12-13,16H,3-4,6-7,11,14-15,17H2,1-2H3,(H,23,24,25). The van der Waals surface area contributed by atoms with Gasteiger partial charge < -0.3 is 10.2 Å². The Hall–Kier alpha value is -2.36. The molecule has 138 valence electrons. The molecule has 4 nitrogen and oxygen atoms in total. The highest BCUT2D eigenvalue weighted by atomic mass is 15.3. The van der Waals surface area contributed by atoms with Gasteiger partial charge in [-0.05, 0) is 51.5 Å². The molecule has 0 bridgehead atoms. The number of nitrogens with zero attached hydrogens (tertiary/aromatic N) is 3. The maximum Gasteiger partial charge on any atom is 0.227 e. The van der Waals surface area contributed by atoms with Crippen molar-refractivity contribution in [3.8, 4) is 0 Å². The van der Waals surface area contributed by atoms with Crippen molar-refractivity contribution in [2.75, 3.05) is 23.3 Å². The number of nitrogens with one attached hydrogen (secondary N) is 1. The predicted molar refractivity (Wildman–Crippen MR) is 110 cm³/mol. The fraction of sp³-hybridized carbons (Fsp3) is 0.455. The quantitative estimate of drug-likeness (QED) is 0.671. The van der Waals surface area contributed by atoms with Crippen LogP contribution in [0.4, 0.5) is 11.8 Å². The van der Waals surface area contributed by atoms with Gasteiger partial charge in [0.05, 0.1) is 0 Å². The minimum absolute atomic E-state index is 0.802. The molecule has 4 heteroatoms. The van der Waals surface area contributed by atoms with E-state index in [0.717, 1.165) is 43.5 Å².